The Labute approximate surface area is 170 Å². The number of likely N-dealkylation sites (tertiary alicyclic amines) is 1. The van der Waals surface area contributed by atoms with E-state index in [0.717, 1.165) is 16.9 Å². The van der Waals surface area contributed by atoms with Gasteiger partial charge in [-0.15, -0.1) is 0 Å². The molecule has 29 heavy (non-hydrogen) atoms. The highest BCUT2D eigenvalue weighted by atomic mass is 19.4. The summed E-state index contributed by atoms with van der Waals surface area (Å²) in [5.74, 6) is 1.34. The first-order valence-corrected chi connectivity index (χ1v) is 9.87. The first-order chi connectivity index (χ1) is 13.8. The second-order valence-corrected chi connectivity index (χ2v) is 7.06. The molecular weight excluding hydrogens is 385 g/mol. The largest absolute Gasteiger partial charge is 0.491 e. The lowest BCUT2D eigenvalue weighted by molar-refractivity contribution is -0.143. The minimum Gasteiger partial charge on any atom is -0.491 e. The van der Waals surface area contributed by atoms with E-state index in [1.54, 1.807) is 7.05 Å². The van der Waals surface area contributed by atoms with Crippen LogP contribution in [0.4, 0.5) is 13.2 Å². The summed E-state index contributed by atoms with van der Waals surface area (Å²) in [6, 6.07) is 5.91. The van der Waals surface area contributed by atoms with Crippen molar-refractivity contribution in [2.75, 3.05) is 46.5 Å². The van der Waals surface area contributed by atoms with Crippen LogP contribution in [0.1, 0.15) is 24.5 Å². The average molecular weight is 416 g/mol. The van der Waals surface area contributed by atoms with E-state index >= 15 is 0 Å². The molecule has 6 nitrogen and oxygen atoms in total. The lowest BCUT2D eigenvalue weighted by atomic mass is 10.1. The van der Waals surface area contributed by atoms with Gasteiger partial charge in [-0.3, -0.25) is 9.89 Å². The summed E-state index contributed by atoms with van der Waals surface area (Å²) in [7, 11) is 1.65. The van der Waals surface area contributed by atoms with Crippen molar-refractivity contribution in [2.45, 2.75) is 39.0 Å². The molecule has 0 spiro atoms. The van der Waals surface area contributed by atoms with Gasteiger partial charge in [-0.05, 0) is 31.9 Å². The van der Waals surface area contributed by atoms with Crippen molar-refractivity contribution < 1.29 is 22.6 Å². The summed E-state index contributed by atoms with van der Waals surface area (Å²) in [6.45, 7) is 5.96. The lowest BCUT2D eigenvalue weighted by Crippen LogP contribution is -2.44. The molecule has 1 aromatic carbocycles. The van der Waals surface area contributed by atoms with Crippen LogP contribution in [0.2, 0.25) is 0 Å². The monoisotopic (exact) mass is 416 g/mol. The number of nitrogens with one attached hydrogen (secondary N) is 2. The van der Waals surface area contributed by atoms with E-state index in [4.69, 9.17) is 9.47 Å². The van der Waals surface area contributed by atoms with E-state index in [1.165, 1.54) is 4.90 Å². The molecule has 0 radical (unpaired) electrons. The number of aryl methyl sites for hydroxylation is 1. The van der Waals surface area contributed by atoms with Gasteiger partial charge in [0.25, 0.3) is 0 Å². The van der Waals surface area contributed by atoms with Crippen LogP contribution in [0.25, 0.3) is 0 Å². The first kappa shape index (κ1) is 23.3. The summed E-state index contributed by atoms with van der Waals surface area (Å²) < 4.78 is 48.8. The van der Waals surface area contributed by atoms with Crippen LogP contribution < -0.4 is 15.4 Å². The highest BCUT2D eigenvalue weighted by Crippen LogP contribution is 2.21. The number of aliphatic imine (C=N–C) groups is 1. The Kier molecular flexibility index (Phi) is 9.03. The molecule has 1 aromatic rings. The molecule has 1 atom stereocenters. The standard InChI is InChI=1S/C20H31F3N4O2/c1-4-28-9-10-29-18-11-15(2)5-6-16(18)12-25-19(24-3)26-17-7-8-27(13-17)14-20(21,22)23/h5-6,11,17H,4,7-10,12-14H2,1-3H3,(H2,24,25,26). The van der Waals surface area contributed by atoms with Crippen molar-refractivity contribution in [3.05, 3.63) is 29.3 Å². The summed E-state index contributed by atoms with van der Waals surface area (Å²) in [4.78, 5) is 5.60. The van der Waals surface area contributed by atoms with Gasteiger partial charge in [-0.1, -0.05) is 12.1 Å². The van der Waals surface area contributed by atoms with E-state index in [9.17, 15) is 13.2 Å². The Morgan fingerprint density at radius 1 is 1.31 bits per heavy atom. The molecule has 0 saturated carbocycles. The van der Waals surface area contributed by atoms with Crippen LogP contribution in [0.5, 0.6) is 5.75 Å². The molecule has 0 amide bonds. The lowest BCUT2D eigenvalue weighted by Gasteiger charge is -2.20. The van der Waals surface area contributed by atoms with E-state index in [-0.39, 0.29) is 6.04 Å². The molecule has 2 N–H and O–H groups in total. The molecule has 1 fully saturated rings. The molecule has 1 aliphatic rings. The van der Waals surface area contributed by atoms with Gasteiger partial charge in [-0.2, -0.15) is 13.2 Å². The summed E-state index contributed by atoms with van der Waals surface area (Å²) in [6.07, 6.45) is -3.52. The number of hydrogen-bond donors (Lipinski definition) is 2. The smallest absolute Gasteiger partial charge is 0.401 e. The number of hydrogen-bond acceptors (Lipinski definition) is 4. The highest BCUT2D eigenvalue weighted by molar-refractivity contribution is 5.80. The van der Waals surface area contributed by atoms with Crippen molar-refractivity contribution in [3.63, 3.8) is 0 Å². The SMILES string of the molecule is CCOCCOc1cc(C)ccc1CNC(=NC)NC1CCN(CC(F)(F)F)C1. The van der Waals surface area contributed by atoms with Gasteiger partial charge in [0.1, 0.15) is 12.4 Å². The number of nitrogens with zero attached hydrogens (tertiary/aromatic N) is 2. The Bertz CT molecular complexity index is 668. The number of ether oxygens (including phenoxy) is 2. The second-order valence-electron chi connectivity index (χ2n) is 7.06. The van der Waals surface area contributed by atoms with Gasteiger partial charge in [-0.25, -0.2) is 0 Å². The highest BCUT2D eigenvalue weighted by Gasteiger charge is 2.34. The third kappa shape index (κ3) is 8.49. The quantitative estimate of drug-likeness (QED) is 0.368. The van der Waals surface area contributed by atoms with Crippen molar-refractivity contribution >= 4 is 5.96 Å². The fraction of sp³-hybridized carbons (Fsp3) is 0.650. The van der Waals surface area contributed by atoms with Crippen LogP contribution in [-0.4, -0.2) is 69.6 Å². The molecule has 1 heterocycles. The first-order valence-electron chi connectivity index (χ1n) is 9.87. The van der Waals surface area contributed by atoms with Crippen molar-refractivity contribution in [1.82, 2.24) is 15.5 Å². The molecule has 1 saturated heterocycles. The fourth-order valence-corrected chi connectivity index (χ4v) is 3.21. The molecule has 0 aromatic heterocycles. The maximum Gasteiger partial charge on any atom is 0.401 e. The zero-order valence-electron chi connectivity index (χ0n) is 17.3. The Hall–Kier alpha value is -2.00. The zero-order valence-corrected chi connectivity index (χ0v) is 17.3. The molecule has 164 valence electrons. The molecule has 1 unspecified atom stereocenters. The maximum atomic E-state index is 12.6. The van der Waals surface area contributed by atoms with Crippen LogP contribution in [0, 0.1) is 6.92 Å². The Morgan fingerprint density at radius 2 is 2.10 bits per heavy atom. The van der Waals surface area contributed by atoms with Gasteiger partial charge < -0.3 is 20.1 Å². The van der Waals surface area contributed by atoms with E-state index in [0.29, 0.717) is 51.8 Å². The van der Waals surface area contributed by atoms with Gasteiger partial charge >= 0.3 is 6.18 Å². The fourth-order valence-electron chi connectivity index (χ4n) is 3.21. The van der Waals surface area contributed by atoms with Crippen LogP contribution in [-0.2, 0) is 11.3 Å². The van der Waals surface area contributed by atoms with Crippen LogP contribution >= 0.6 is 0 Å². The predicted molar refractivity (Wildman–Crippen MR) is 107 cm³/mol. The molecule has 0 bridgehead atoms. The number of guanidine groups is 1. The molecule has 0 aliphatic carbocycles. The maximum absolute atomic E-state index is 12.6. The minimum atomic E-state index is -4.17. The Morgan fingerprint density at radius 3 is 2.79 bits per heavy atom. The molecule has 9 heteroatoms. The van der Waals surface area contributed by atoms with Crippen molar-refractivity contribution in [2.24, 2.45) is 4.99 Å². The van der Waals surface area contributed by atoms with E-state index in [2.05, 4.69) is 15.6 Å². The zero-order chi connectivity index (χ0) is 21.3. The molecule has 1 aliphatic heterocycles. The third-order valence-electron chi connectivity index (χ3n) is 4.60. The van der Waals surface area contributed by atoms with E-state index in [1.807, 2.05) is 32.0 Å². The number of alkyl halides is 3. The molecule has 2 rings (SSSR count). The number of halogens is 3. The summed E-state index contributed by atoms with van der Waals surface area (Å²) >= 11 is 0. The minimum absolute atomic E-state index is 0.0662. The van der Waals surface area contributed by atoms with Gasteiger partial charge in [0, 0.05) is 44.9 Å². The second kappa shape index (κ2) is 11.3. The van der Waals surface area contributed by atoms with Crippen molar-refractivity contribution in [1.29, 1.82) is 0 Å². The number of benzene rings is 1. The third-order valence-corrected chi connectivity index (χ3v) is 4.60. The normalized spacial score (nSPS) is 18.1. The predicted octanol–water partition coefficient (Wildman–Crippen LogP) is 2.71. The van der Waals surface area contributed by atoms with Gasteiger partial charge in [0.2, 0.25) is 0 Å². The summed E-state index contributed by atoms with van der Waals surface area (Å²) in [5, 5.41) is 6.44. The van der Waals surface area contributed by atoms with Gasteiger partial charge in [0.15, 0.2) is 5.96 Å². The van der Waals surface area contributed by atoms with Crippen LogP contribution in [0.3, 0.4) is 0 Å². The topological polar surface area (TPSA) is 58.1 Å². The average Bonchev–Trinajstić information content (AvgIpc) is 3.08. The van der Waals surface area contributed by atoms with E-state index < -0.39 is 12.7 Å². The number of rotatable bonds is 9. The van der Waals surface area contributed by atoms with Crippen molar-refractivity contribution in [3.8, 4) is 5.75 Å². The van der Waals surface area contributed by atoms with Crippen LogP contribution in [0.15, 0.2) is 23.2 Å². The summed E-state index contributed by atoms with van der Waals surface area (Å²) in [5.41, 5.74) is 2.07. The Balaban J connectivity index is 1.86. The molecular formula is C20H31F3N4O2. The van der Waals surface area contributed by atoms with Gasteiger partial charge in [0.05, 0.1) is 13.2 Å².